The van der Waals surface area contributed by atoms with E-state index in [0.717, 1.165) is 52.7 Å². The summed E-state index contributed by atoms with van der Waals surface area (Å²) >= 11 is 0. The Bertz CT molecular complexity index is 1630. The Morgan fingerprint density at radius 3 is 2.74 bits per heavy atom. The molecular formula is C32H34N6O. The number of nitrogens with one attached hydrogen (secondary N) is 1. The number of benzene rings is 2. The van der Waals surface area contributed by atoms with Crippen LogP contribution in [0.25, 0.3) is 16.4 Å². The van der Waals surface area contributed by atoms with Gasteiger partial charge in [0.1, 0.15) is 5.65 Å². The Balaban J connectivity index is 1.04. The minimum absolute atomic E-state index is 0.0430. The molecule has 0 spiro atoms. The van der Waals surface area contributed by atoms with Crippen molar-refractivity contribution in [1.82, 2.24) is 24.1 Å². The first kappa shape index (κ1) is 24.1. The number of imidazole rings is 1. The number of fused-ring (bicyclic) bond motifs is 3. The van der Waals surface area contributed by atoms with Crippen molar-refractivity contribution >= 4 is 22.1 Å². The van der Waals surface area contributed by atoms with E-state index in [1.807, 2.05) is 59.4 Å². The maximum absolute atomic E-state index is 13.6. The lowest BCUT2D eigenvalue weighted by Gasteiger charge is -2.22. The SMILES string of the molecule is O=c1c2c(NC[C@H]3CC[C@@H]4CN(Cc5ccccc5)C[C@H]34)cccc2cnn1CCc1cn2ccccc2n1. The van der Waals surface area contributed by atoms with Crippen molar-refractivity contribution in [1.29, 1.82) is 0 Å². The third-order valence-corrected chi connectivity index (χ3v) is 8.76. The highest BCUT2D eigenvalue weighted by Gasteiger charge is 2.42. The Hall–Kier alpha value is -3.97. The number of hydrogen-bond acceptors (Lipinski definition) is 5. The topological polar surface area (TPSA) is 67.5 Å². The molecule has 2 aromatic carbocycles. The van der Waals surface area contributed by atoms with Crippen LogP contribution in [0.2, 0.25) is 0 Å². The van der Waals surface area contributed by atoms with Gasteiger partial charge in [0.25, 0.3) is 5.56 Å². The highest BCUT2D eigenvalue weighted by atomic mass is 16.1. The molecule has 0 bridgehead atoms. The van der Waals surface area contributed by atoms with Crippen LogP contribution in [0.3, 0.4) is 0 Å². The summed E-state index contributed by atoms with van der Waals surface area (Å²) in [6.45, 7) is 4.81. The molecule has 39 heavy (non-hydrogen) atoms. The van der Waals surface area contributed by atoms with Gasteiger partial charge in [-0.1, -0.05) is 48.5 Å². The average Bonchev–Trinajstić information content (AvgIpc) is 3.66. The van der Waals surface area contributed by atoms with E-state index in [1.165, 1.54) is 31.5 Å². The van der Waals surface area contributed by atoms with Gasteiger partial charge in [-0.15, -0.1) is 0 Å². The zero-order valence-electron chi connectivity index (χ0n) is 22.1. The Morgan fingerprint density at radius 2 is 1.85 bits per heavy atom. The summed E-state index contributed by atoms with van der Waals surface area (Å²) in [5.41, 5.74) is 4.14. The van der Waals surface area contributed by atoms with Gasteiger partial charge in [-0.3, -0.25) is 9.69 Å². The summed E-state index contributed by atoms with van der Waals surface area (Å²) in [5, 5.41) is 9.78. The number of aromatic nitrogens is 4. The molecule has 2 fully saturated rings. The number of anilines is 1. The van der Waals surface area contributed by atoms with Gasteiger partial charge >= 0.3 is 0 Å². The maximum atomic E-state index is 13.6. The molecule has 0 amide bonds. The fraction of sp³-hybridized carbons (Fsp3) is 0.344. The van der Waals surface area contributed by atoms with Gasteiger partial charge in [0.15, 0.2) is 0 Å². The van der Waals surface area contributed by atoms with Crippen molar-refractivity contribution in [2.45, 2.75) is 32.4 Å². The molecule has 3 aromatic heterocycles. The van der Waals surface area contributed by atoms with E-state index in [9.17, 15) is 4.79 Å². The molecule has 1 aliphatic carbocycles. The van der Waals surface area contributed by atoms with Crippen LogP contribution < -0.4 is 10.9 Å². The largest absolute Gasteiger partial charge is 0.384 e. The number of rotatable bonds is 8. The van der Waals surface area contributed by atoms with Crippen molar-refractivity contribution in [2.24, 2.45) is 17.8 Å². The zero-order valence-corrected chi connectivity index (χ0v) is 22.1. The molecule has 7 heteroatoms. The van der Waals surface area contributed by atoms with Crippen molar-refractivity contribution < 1.29 is 0 Å². The van der Waals surface area contributed by atoms with Crippen molar-refractivity contribution in [3.63, 3.8) is 0 Å². The minimum Gasteiger partial charge on any atom is -0.384 e. The summed E-state index contributed by atoms with van der Waals surface area (Å²) in [4.78, 5) is 20.9. The van der Waals surface area contributed by atoms with E-state index in [1.54, 1.807) is 4.68 Å². The second-order valence-electron chi connectivity index (χ2n) is 11.2. The van der Waals surface area contributed by atoms with Crippen LogP contribution in [0.15, 0.2) is 90.1 Å². The van der Waals surface area contributed by atoms with E-state index in [0.29, 0.717) is 18.9 Å². The number of pyridine rings is 1. The smallest absolute Gasteiger partial charge is 0.276 e. The highest BCUT2D eigenvalue weighted by molar-refractivity contribution is 5.92. The highest BCUT2D eigenvalue weighted by Crippen LogP contribution is 2.42. The van der Waals surface area contributed by atoms with Crippen LogP contribution in [-0.2, 0) is 19.5 Å². The fourth-order valence-electron chi connectivity index (χ4n) is 6.80. The van der Waals surface area contributed by atoms with Gasteiger partial charge in [-0.25, -0.2) is 9.67 Å². The summed E-state index contributed by atoms with van der Waals surface area (Å²) in [5.74, 6) is 2.14. The van der Waals surface area contributed by atoms with Gasteiger partial charge in [0.05, 0.1) is 23.8 Å². The van der Waals surface area contributed by atoms with Gasteiger partial charge in [-0.2, -0.15) is 5.10 Å². The molecule has 7 nitrogen and oxygen atoms in total. The summed E-state index contributed by atoms with van der Waals surface area (Å²) in [6.07, 6.45) is 9.04. The number of aryl methyl sites for hydroxylation is 2. The van der Waals surface area contributed by atoms with Crippen LogP contribution in [-0.4, -0.2) is 43.7 Å². The molecule has 1 saturated carbocycles. The molecule has 3 atom stereocenters. The first-order valence-corrected chi connectivity index (χ1v) is 14.1. The Labute approximate surface area is 228 Å². The van der Waals surface area contributed by atoms with Crippen LogP contribution in [0.5, 0.6) is 0 Å². The lowest BCUT2D eigenvalue weighted by atomic mass is 9.92. The fourth-order valence-corrected chi connectivity index (χ4v) is 6.80. The lowest BCUT2D eigenvalue weighted by Crippen LogP contribution is -2.27. The van der Waals surface area contributed by atoms with E-state index < -0.39 is 0 Å². The standard InChI is InChI=1S/C32H34N6O/c39-32-31-25(18-34-38(32)16-14-27-21-37-15-5-4-11-30(37)35-27)9-6-10-29(31)33-17-24-12-13-26-20-36(22-28(24)26)19-23-7-2-1-3-8-23/h1-11,15,18,21,24,26,28,33H,12-14,16-17,19-20,22H2/t24-,26-,28-/m1/s1. The second-order valence-corrected chi connectivity index (χ2v) is 11.2. The maximum Gasteiger partial charge on any atom is 0.276 e. The first-order valence-electron chi connectivity index (χ1n) is 14.1. The van der Waals surface area contributed by atoms with Crippen LogP contribution in [0, 0.1) is 17.8 Å². The first-order chi connectivity index (χ1) is 19.2. The third kappa shape index (κ3) is 4.83. The molecule has 0 unspecified atom stereocenters. The lowest BCUT2D eigenvalue weighted by molar-refractivity contribution is 0.286. The molecule has 4 heterocycles. The van der Waals surface area contributed by atoms with E-state index in [2.05, 4.69) is 50.6 Å². The van der Waals surface area contributed by atoms with Crippen LogP contribution >= 0.6 is 0 Å². The van der Waals surface area contributed by atoms with Crippen molar-refractivity contribution in [3.05, 3.63) is 107 Å². The normalized spacial score (nSPS) is 21.1. The third-order valence-electron chi connectivity index (χ3n) is 8.76. The second kappa shape index (κ2) is 10.3. The quantitative estimate of drug-likeness (QED) is 0.318. The summed E-state index contributed by atoms with van der Waals surface area (Å²) in [6, 6.07) is 22.8. The molecule has 5 aromatic rings. The van der Waals surface area contributed by atoms with E-state index in [4.69, 9.17) is 0 Å². The predicted molar refractivity (Wildman–Crippen MR) is 155 cm³/mol. The van der Waals surface area contributed by atoms with E-state index in [-0.39, 0.29) is 5.56 Å². The average molecular weight is 519 g/mol. The van der Waals surface area contributed by atoms with Crippen molar-refractivity contribution in [2.75, 3.05) is 25.0 Å². The number of hydrogen-bond donors (Lipinski definition) is 1. The zero-order chi connectivity index (χ0) is 26.2. The molecule has 1 aliphatic heterocycles. The van der Waals surface area contributed by atoms with E-state index >= 15 is 0 Å². The van der Waals surface area contributed by atoms with Gasteiger partial charge in [-0.05, 0) is 54.4 Å². The number of nitrogens with zero attached hydrogens (tertiary/aromatic N) is 5. The summed E-state index contributed by atoms with van der Waals surface area (Å²) < 4.78 is 3.59. The molecule has 7 rings (SSSR count). The molecule has 1 N–H and O–H groups in total. The Morgan fingerprint density at radius 1 is 0.949 bits per heavy atom. The van der Waals surface area contributed by atoms with Crippen molar-refractivity contribution in [3.8, 4) is 0 Å². The van der Waals surface area contributed by atoms with Crippen LogP contribution in [0.1, 0.15) is 24.1 Å². The molecule has 2 aliphatic rings. The van der Waals surface area contributed by atoms with Gasteiger partial charge in [0.2, 0.25) is 0 Å². The molecule has 198 valence electrons. The molecule has 1 saturated heterocycles. The van der Waals surface area contributed by atoms with Crippen LogP contribution in [0.4, 0.5) is 5.69 Å². The summed E-state index contributed by atoms with van der Waals surface area (Å²) in [7, 11) is 0. The Kier molecular flexibility index (Phi) is 6.37. The minimum atomic E-state index is -0.0430. The molecule has 0 radical (unpaired) electrons. The predicted octanol–water partition coefficient (Wildman–Crippen LogP) is 4.86. The van der Waals surface area contributed by atoms with Gasteiger partial charge in [0, 0.05) is 56.1 Å². The van der Waals surface area contributed by atoms with Gasteiger partial charge < -0.3 is 9.72 Å². The number of likely N-dealkylation sites (tertiary alicyclic amines) is 1. The molecular weight excluding hydrogens is 484 g/mol. The monoisotopic (exact) mass is 518 g/mol.